The van der Waals surface area contributed by atoms with E-state index in [0.29, 0.717) is 0 Å². The maximum atomic E-state index is 11.9. The highest BCUT2D eigenvalue weighted by Crippen LogP contribution is 2.31. The SMILES string of the molecule is O=C(Nc1cccc(Cl)c1O)c1ccccc1O. The fraction of sp³-hybridized carbons (Fsp3) is 0. The molecule has 0 aliphatic carbocycles. The Morgan fingerprint density at radius 2 is 1.78 bits per heavy atom. The molecule has 0 saturated heterocycles. The van der Waals surface area contributed by atoms with Crippen LogP contribution in [-0.2, 0) is 0 Å². The van der Waals surface area contributed by atoms with Gasteiger partial charge in [-0.25, -0.2) is 0 Å². The molecule has 0 bridgehead atoms. The standard InChI is InChI=1S/C13H10ClNO3/c14-9-5-3-6-10(12(9)17)15-13(18)8-4-1-2-7-11(8)16/h1-7,16-17H,(H,15,18). The molecule has 2 aromatic carbocycles. The van der Waals surface area contributed by atoms with Crippen LogP contribution < -0.4 is 5.32 Å². The summed E-state index contributed by atoms with van der Waals surface area (Å²) in [5.74, 6) is -0.856. The van der Waals surface area contributed by atoms with Crippen LogP contribution in [0.4, 0.5) is 5.69 Å². The number of phenols is 2. The molecule has 0 aliphatic rings. The van der Waals surface area contributed by atoms with Gasteiger partial charge in [-0.15, -0.1) is 0 Å². The third-order valence-electron chi connectivity index (χ3n) is 2.38. The summed E-state index contributed by atoms with van der Waals surface area (Å²) in [4.78, 5) is 11.9. The number of benzene rings is 2. The number of hydrogen-bond acceptors (Lipinski definition) is 3. The Hall–Kier alpha value is -2.20. The van der Waals surface area contributed by atoms with Crippen LogP contribution in [0.1, 0.15) is 10.4 Å². The molecule has 0 aromatic heterocycles. The zero-order valence-electron chi connectivity index (χ0n) is 9.22. The third-order valence-corrected chi connectivity index (χ3v) is 2.69. The predicted molar refractivity (Wildman–Crippen MR) is 69.2 cm³/mol. The molecule has 2 rings (SSSR count). The van der Waals surface area contributed by atoms with E-state index in [2.05, 4.69) is 5.32 Å². The number of nitrogens with one attached hydrogen (secondary N) is 1. The van der Waals surface area contributed by atoms with E-state index in [1.807, 2.05) is 0 Å². The lowest BCUT2D eigenvalue weighted by Crippen LogP contribution is -2.12. The van der Waals surface area contributed by atoms with Gasteiger partial charge in [-0.3, -0.25) is 4.79 Å². The second-order valence-electron chi connectivity index (χ2n) is 3.61. The van der Waals surface area contributed by atoms with Crippen LogP contribution in [0.3, 0.4) is 0 Å². The molecule has 0 saturated carbocycles. The Morgan fingerprint density at radius 3 is 2.50 bits per heavy atom. The summed E-state index contributed by atoms with van der Waals surface area (Å²) in [6.45, 7) is 0. The van der Waals surface area contributed by atoms with Crippen molar-refractivity contribution in [3.8, 4) is 11.5 Å². The first-order chi connectivity index (χ1) is 8.59. The number of hydrogen-bond donors (Lipinski definition) is 3. The summed E-state index contributed by atoms with van der Waals surface area (Å²) >= 11 is 5.72. The zero-order chi connectivity index (χ0) is 13.1. The normalized spacial score (nSPS) is 10.1. The van der Waals surface area contributed by atoms with Crippen LogP contribution in [-0.4, -0.2) is 16.1 Å². The number of para-hydroxylation sites is 2. The van der Waals surface area contributed by atoms with E-state index >= 15 is 0 Å². The van der Waals surface area contributed by atoms with Crippen LogP contribution in [0.5, 0.6) is 11.5 Å². The minimum absolute atomic E-state index is 0.122. The molecule has 2 aromatic rings. The zero-order valence-corrected chi connectivity index (χ0v) is 9.98. The summed E-state index contributed by atoms with van der Waals surface area (Å²) in [6.07, 6.45) is 0. The molecule has 0 unspecified atom stereocenters. The van der Waals surface area contributed by atoms with Gasteiger partial charge in [0.05, 0.1) is 16.3 Å². The molecular weight excluding hydrogens is 254 g/mol. The summed E-state index contributed by atoms with van der Waals surface area (Å²) in [7, 11) is 0. The number of aromatic hydroxyl groups is 2. The van der Waals surface area contributed by atoms with E-state index in [4.69, 9.17) is 11.6 Å². The van der Waals surface area contributed by atoms with E-state index in [-0.39, 0.29) is 27.8 Å². The van der Waals surface area contributed by atoms with Crippen molar-refractivity contribution in [3.05, 3.63) is 53.1 Å². The lowest BCUT2D eigenvalue weighted by atomic mass is 10.2. The molecule has 18 heavy (non-hydrogen) atoms. The van der Waals surface area contributed by atoms with Crippen LogP contribution in [0, 0.1) is 0 Å². The maximum Gasteiger partial charge on any atom is 0.259 e. The van der Waals surface area contributed by atoms with Crippen molar-refractivity contribution < 1.29 is 15.0 Å². The molecule has 5 heteroatoms. The molecule has 0 heterocycles. The summed E-state index contributed by atoms with van der Waals surface area (Å²) < 4.78 is 0. The molecule has 3 N–H and O–H groups in total. The molecule has 92 valence electrons. The Morgan fingerprint density at radius 1 is 1.06 bits per heavy atom. The van der Waals surface area contributed by atoms with Crippen molar-refractivity contribution in [1.29, 1.82) is 0 Å². The van der Waals surface area contributed by atoms with Crippen LogP contribution in [0.2, 0.25) is 5.02 Å². The lowest BCUT2D eigenvalue weighted by Gasteiger charge is -2.09. The number of carbonyl (C=O) groups excluding carboxylic acids is 1. The highest BCUT2D eigenvalue weighted by Gasteiger charge is 2.13. The van der Waals surface area contributed by atoms with Crippen molar-refractivity contribution in [2.24, 2.45) is 0 Å². The molecule has 4 nitrogen and oxygen atoms in total. The Bertz CT molecular complexity index is 599. The number of carbonyl (C=O) groups is 1. The second kappa shape index (κ2) is 4.98. The molecule has 0 atom stereocenters. The smallest absolute Gasteiger partial charge is 0.259 e. The second-order valence-corrected chi connectivity index (χ2v) is 4.01. The van der Waals surface area contributed by atoms with Gasteiger partial charge < -0.3 is 15.5 Å². The van der Waals surface area contributed by atoms with Crippen molar-refractivity contribution in [2.75, 3.05) is 5.32 Å². The van der Waals surface area contributed by atoms with Gasteiger partial charge in [0.15, 0.2) is 5.75 Å². The van der Waals surface area contributed by atoms with Crippen LogP contribution in [0.25, 0.3) is 0 Å². The maximum absolute atomic E-state index is 11.9. The fourth-order valence-electron chi connectivity index (χ4n) is 1.47. The number of anilines is 1. The van der Waals surface area contributed by atoms with Gasteiger partial charge in [0.2, 0.25) is 0 Å². The Kier molecular flexibility index (Phi) is 3.39. The predicted octanol–water partition coefficient (Wildman–Crippen LogP) is 3.00. The van der Waals surface area contributed by atoms with E-state index in [9.17, 15) is 15.0 Å². The van der Waals surface area contributed by atoms with Crippen molar-refractivity contribution in [3.63, 3.8) is 0 Å². The lowest BCUT2D eigenvalue weighted by molar-refractivity contribution is 0.102. The van der Waals surface area contributed by atoms with Gasteiger partial charge in [0.1, 0.15) is 5.75 Å². The molecule has 0 radical (unpaired) electrons. The minimum Gasteiger partial charge on any atom is -0.507 e. The summed E-state index contributed by atoms with van der Waals surface area (Å²) in [5, 5.41) is 21.8. The average Bonchev–Trinajstić information content (AvgIpc) is 2.35. The van der Waals surface area contributed by atoms with Crippen molar-refractivity contribution in [2.45, 2.75) is 0 Å². The Balaban J connectivity index is 2.27. The monoisotopic (exact) mass is 263 g/mol. The van der Waals surface area contributed by atoms with Gasteiger partial charge in [-0.1, -0.05) is 29.8 Å². The topological polar surface area (TPSA) is 69.6 Å². The van der Waals surface area contributed by atoms with Crippen molar-refractivity contribution >= 4 is 23.2 Å². The highest BCUT2D eigenvalue weighted by molar-refractivity contribution is 6.32. The first-order valence-electron chi connectivity index (χ1n) is 5.16. The van der Waals surface area contributed by atoms with Crippen molar-refractivity contribution in [1.82, 2.24) is 0 Å². The van der Waals surface area contributed by atoms with E-state index < -0.39 is 5.91 Å². The van der Waals surface area contributed by atoms with Gasteiger partial charge in [0.25, 0.3) is 5.91 Å². The Labute approximate surface area is 108 Å². The molecular formula is C13H10ClNO3. The van der Waals surface area contributed by atoms with Crippen LogP contribution >= 0.6 is 11.6 Å². The van der Waals surface area contributed by atoms with Crippen LogP contribution in [0.15, 0.2) is 42.5 Å². The number of phenolic OH excluding ortho intramolecular Hbond substituents is 2. The van der Waals surface area contributed by atoms with E-state index in [1.54, 1.807) is 18.2 Å². The molecule has 0 aliphatic heterocycles. The molecule has 0 fully saturated rings. The largest absolute Gasteiger partial charge is 0.507 e. The average molecular weight is 264 g/mol. The molecule has 0 spiro atoms. The van der Waals surface area contributed by atoms with E-state index in [0.717, 1.165) is 0 Å². The van der Waals surface area contributed by atoms with Gasteiger partial charge in [-0.2, -0.15) is 0 Å². The first-order valence-corrected chi connectivity index (χ1v) is 5.54. The molecule has 1 amide bonds. The van der Waals surface area contributed by atoms with Gasteiger partial charge in [-0.05, 0) is 24.3 Å². The summed E-state index contributed by atoms with van der Waals surface area (Å²) in [6, 6.07) is 10.8. The van der Waals surface area contributed by atoms with E-state index in [1.165, 1.54) is 24.3 Å². The minimum atomic E-state index is -0.523. The highest BCUT2D eigenvalue weighted by atomic mass is 35.5. The third kappa shape index (κ3) is 2.38. The fourth-order valence-corrected chi connectivity index (χ4v) is 1.65. The van der Waals surface area contributed by atoms with Gasteiger partial charge >= 0.3 is 0 Å². The number of rotatable bonds is 2. The number of amides is 1. The van der Waals surface area contributed by atoms with Gasteiger partial charge in [0, 0.05) is 0 Å². The number of halogens is 1. The quantitative estimate of drug-likeness (QED) is 0.730. The summed E-state index contributed by atoms with van der Waals surface area (Å²) in [5.41, 5.74) is 0.313. The first kappa shape index (κ1) is 12.3.